The molecule has 2 heterocycles. The molecule has 0 amide bonds. The number of aromatic nitrogens is 4. The number of para-hydroxylation sites is 1. The summed E-state index contributed by atoms with van der Waals surface area (Å²) in [5.41, 5.74) is 8.72. The van der Waals surface area contributed by atoms with E-state index in [4.69, 9.17) is 15.0 Å². The Labute approximate surface area is 385 Å². The summed E-state index contributed by atoms with van der Waals surface area (Å²) >= 11 is 0. The monoisotopic (exact) mass is 850 g/mol. The summed E-state index contributed by atoms with van der Waals surface area (Å²) in [6.07, 6.45) is 0. The molecule has 0 atom stereocenters. The maximum atomic E-state index is 5.41. The molecule has 67 heavy (non-hydrogen) atoms. The summed E-state index contributed by atoms with van der Waals surface area (Å²) in [5, 5.41) is 16.8. The van der Waals surface area contributed by atoms with Crippen LogP contribution < -0.4 is 0 Å². The first-order valence-corrected chi connectivity index (χ1v) is 22.9. The molecule has 0 aliphatic carbocycles. The van der Waals surface area contributed by atoms with Crippen LogP contribution in [-0.2, 0) is 0 Å². The molecule has 0 spiro atoms. The fraction of sp³-hybridized carbons (Fsp3) is 0. The van der Waals surface area contributed by atoms with E-state index in [9.17, 15) is 0 Å². The molecule has 14 aromatic rings. The highest BCUT2D eigenvalue weighted by Crippen LogP contribution is 2.43. The van der Waals surface area contributed by atoms with Crippen molar-refractivity contribution < 1.29 is 0 Å². The van der Waals surface area contributed by atoms with E-state index in [1.165, 1.54) is 81.4 Å². The zero-order valence-corrected chi connectivity index (χ0v) is 36.2. The molecule has 2 aromatic heterocycles. The Morgan fingerprint density at radius 3 is 1.37 bits per heavy atom. The maximum Gasteiger partial charge on any atom is 0.164 e. The molecule has 14 rings (SSSR count). The highest BCUT2D eigenvalue weighted by Gasteiger charge is 2.20. The number of benzene rings is 12. The van der Waals surface area contributed by atoms with Crippen molar-refractivity contribution >= 4 is 86.4 Å². The normalized spacial score (nSPS) is 11.9. The van der Waals surface area contributed by atoms with Crippen molar-refractivity contribution in [1.82, 2.24) is 19.5 Å². The minimum absolute atomic E-state index is 0.633. The number of hydrogen-bond donors (Lipinski definition) is 0. The maximum absolute atomic E-state index is 5.41. The second-order valence-corrected chi connectivity index (χ2v) is 17.5. The zero-order chi connectivity index (χ0) is 44.0. The third-order valence-electron chi connectivity index (χ3n) is 13.8. The Kier molecular flexibility index (Phi) is 8.25. The lowest BCUT2D eigenvalue weighted by atomic mass is 9.91. The lowest BCUT2D eigenvalue weighted by Gasteiger charge is -2.16. The number of rotatable bonds is 5. The van der Waals surface area contributed by atoms with E-state index in [1.54, 1.807) is 0 Å². The van der Waals surface area contributed by atoms with Crippen molar-refractivity contribution in [2.75, 3.05) is 0 Å². The third-order valence-corrected chi connectivity index (χ3v) is 13.8. The molecule has 310 valence electrons. The fourth-order valence-corrected chi connectivity index (χ4v) is 10.8. The SMILES string of the molecule is c1ccc(-c2ccc3c(c2)c2ccccc2n3-c2ccc3c(c2)c2ccccc2c2cccc(-c4nc(-c5ccccc5)nc(-c5ccc6c7ccccc7c7ccccc7c6c5)n4)c23)cc1. The summed E-state index contributed by atoms with van der Waals surface area (Å²) in [6.45, 7) is 0. The first-order chi connectivity index (χ1) is 33.2. The average molecular weight is 851 g/mol. The topological polar surface area (TPSA) is 43.6 Å². The molecule has 0 saturated heterocycles. The largest absolute Gasteiger partial charge is 0.309 e. The van der Waals surface area contributed by atoms with Crippen LogP contribution in [0.15, 0.2) is 231 Å². The first kappa shape index (κ1) is 37.4. The summed E-state index contributed by atoms with van der Waals surface area (Å²) in [6, 6.07) is 82.9. The van der Waals surface area contributed by atoms with Gasteiger partial charge in [0.25, 0.3) is 0 Å². The molecule has 0 fully saturated rings. The van der Waals surface area contributed by atoms with Gasteiger partial charge in [0.2, 0.25) is 0 Å². The van der Waals surface area contributed by atoms with Crippen molar-refractivity contribution in [2.45, 2.75) is 0 Å². The Balaban J connectivity index is 1.01. The Hall–Kier alpha value is -8.99. The van der Waals surface area contributed by atoms with Gasteiger partial charge in [0.15, 0.2) is 17.5 Å². The van der Waals surface area contributed by atoms with Gasteiger partial charge in [-0.3, -0.25) is 0 Å². The molecule has 0 aliphatic heterocycles. The molecular formula is C63H38N4. The number of hydrogen-bond acceptors (Lipinski definition) is 3. The molecule has 0 saturated carbocycles. The average Bonchev–Trinajstić information content (AvgIpc) is 3.74. The van der Waals surface area contributed by atoms with Gasteiger partial charge in [-0.05, 0) is 107 Å². The zero-order valence-electron chi connectivity index (χ0n) is 36.2. The predicted molar refractivity (Wildman–Crippen MR) is 281 cm³/mol. The number of nitrogens with zero attached hydrogens (tertiary/aromatic N) is 4. The van der Waals surface area contributed by atoms with Crippen LogP contribution in [0.3, 0.4) is 0 Å². The van der Waals surface area contributed by atoms with Gasteiger partial charge in [-0.15, -0.1) is 0 Å². The summed E-state index contributed by atoms with van der Waals surface area (Å²) < 4.78 is 2.42. The van der Waals surface area contributed by atoms with Gasteiger partial charge in [0, 0.05) is 38.5 Å². The van der Waals surface area contributed by atoms with Crippen LogP contribution >= 0.6 is 0 Å². The molecule has 0 unspecified atom stereocenters. The second-order valence-electron chi connectivity index (χ2n) is 17.5. The lowest BCUT2D eigenvalue weighted by Crippen LogP contribution is -2.01. The molecule has 4 heteroatoms. The molecule has 12 aromatic carbocycles. The molecule has 4 nitrogen and oxygen atoms in total. The number of fused-ring (bicyclic) bond motifs is 15. The Morgan fingerprint density at radius 1 is 0.239 bits per heavy atom. The van der Waals surface area contributed by atoms with E-state index in [1.807, 2.05) is 18.2 Å². The van der Waals surface area contributed by atoms with Gasteiger partial charge < -0.3 is 4.57 Å². The fourth-order valence-electron chi connectivity index (χ4n) is 10.8. The minimum atomic E-state index is 0.633. The molecule has 0 bridgehead atoms. The van der Waals surface area contributed by atoms with Crippen molar-refractivity contribution in [3.63, 3.8) is 0 Å². The third kappa shape index (κ3) is 5.83. The van der Waals surface area contributed by atoms with Crippen molar-refractivity contribution in [3.8, 4) is 51.0 Å². The molecular weight excluding hydrogens is 813 g/mol. The van der Waals surface area contributed by atoms with Crippen LogP contribution in [0.5, 0.6) is 0 Å². The summed E-state index contributed by atoms with van der Waals surface area (Å²) in [5.74, 6) is 1.90. The Bertz CT molecular complexity index is 4290. The van der Waals surface area contributed by atoms with Crippen LogP contribution in [0.2, 0.25) is 0 Å². The van der Waals surface area contributed by atoms with Crippen LogP contribution in [0, 0.1) is 0 Å². The van der Waals surface area contributed by atoms with Gasteiger partial charge >= 0.3 is 0 Å². The van der Waals surface area contributed by atoms with Crippen LogP contribution in [-0.4, -0.2) is 19.5 Å². The van der Waals surface area contributed by atoms with E-state index in [0.29, 0.717) is 17.5 Å². The molecule has 0 N–H and O–H groups in total. The van der Waals surface area contributed by atoms with Crippen LogP contribution in [0.25, 0.3) is 137 Å². The van der Waals surface area contributed by atoms with Gasteiger partial charge in [0.05, 0.1) is 11.0 Å². The van der Waals surface area contributed by atoms with E-state index < -0.39 is 0 Å². The highest BCUT2D eigenvalue weighted by atomic mass is 15.0. The van der Waals surface area contributed by atoms with Crippen LogP contribution in [0.1, 0.15) is 0 Å². The Morgan fingerprint density at radius 2 is 0.687 bits per heavy atom. The smallest absolute Gasteiger partial charge is 0.164 e. The van der Waals surface area contributed by atoms with Crippen molar-refractivity contribution in [3.05, 3.63) is 231 Å². The minimum Gasteiger partial charge on any atom is -0.309 e. The summed E-state index contributed by atoms with van der Waals surface area (Å²) in [4.78, 5) is 16.0. The van der Waals surface area contributed by atoms with E-state index >= 15 is 0 Å². The van der Waals surface area contributed by atoms with Gasteiger partial charge in [-0.2, -0.15) is 0 Å². The van der Waals surface area contributed by atoms with Gasteiger partial charge in [0.1, 0.15) is 0 Å². The second kappa shape index (κ2) is 14.8. The van der Waals surface area contributed by atoms with Gasteiger partial charge in [-0.1, -0.05) is 194 Å². The van der Waals surface area contributed by atoms with E-state index in [2.05, 4.69) is 217 Å². The predicted octanol–water partition coefficient (Wildman–Crippen LogP) is 16.6. The quantitative estimate of drug-likeness (QED) is 0.162. The first-order valence-electron chi connectivity index (χ1n) is 22.9. The van der Waals surface area contributed by atoms with Crippen molar-refractivity contribution in [1.29, 1.82) is 0 Å². The lowest BCUT2D eigenvalue weighted by molar-refractivity contribution is 1.08. The molecule has 0 aliphatic rings. The standard InChI is InChI=1S/C63H38N4/c1-3-16-39(17-4-1)41-31-35-59-57(36-41)51-26-13-14-29-58(51)67(59)43-32-34-53-56(38-43)49-25-12-10-23-47(49)52-27-15-28-54(60(52)53)63-65-61(40-18-5-2-6-19-40)64-62(66-63)42-30-33-50-46-22-8-7-20-44(46)45-21-9-11-24-48(45)55(50)37-42/h1-38H. The van der Waals surface area contributed by atoms with E-state index in [0.717, 1.165) is 38.5 Å². The molecule has 0 radical (unpaired) electrons. The highest BCUT2D eigenvalue weighted by molar-refractivity contribution is 6.29. The van der Waals surface area contributed by atoms with Gasteiger partial charge in [-0.25, -0.2) is 15.0 Å². The van der Waals surface area contributed by atoms with Crippen molar-refractivity contribution in [2.24, 2.45) is 0 Å². The summed E-state index contributed by atoms with van der Waals surface area (Å²) in [7, 11) is 0. The van der Waals surface area contributed by atoms with Crippen LogP contribution in [0.4, 0.5) is 0 Å². The van der Waals surface area contributed by atoms with E-state index in [-0.39, 0.29) is 0 Å².